The van der Waals surface area contributed by atoms with Crippen molar-refractivity contribution in [3.05, 3.63) is 12.2 Å². The maximum atomic E-state index is 5.63. The highest BCUT2D eigenvalue weighted by Gasteiger charge is 1.89. The fourth-order valence-corrected chi connectivity index (χ4v) is 2.18. The van der Waals surface area contributed by atoms with Crippen LogP contribution in [0, 0.1) is 0 Å². The molecule has 0 aromatic carbocycles. The first kappa shape index (κ1) is 17.0. The third-order valence-electron chi connectivity index (χ3n) is 3.15. The molecule has 0 aromatic heterocycles. The van der Waals surface area contributed by atoms with Crippen LogP contribution in [0.5, 0.6) is 0 Å². The van der Waals surface area contributed by atoms with Crippen molar-refractivity contribution in [2.45, 2.75) is 84.0 Å². The molecule has 1 heteroatoms. The number of hydrogen-bond acceptors (Lipinski definition) is 0. The van der Waals surface area contributed by atoms with Gasteiger partial charge in [0.1, 0.15) is 0 Å². The summed E-state index contributed by atoms with van der Waals surface area (Å²) in [6, 6.07) is 0. The Hall–Kier alpha value is 0.0300. The van der Waals surface area contributed by atoms with Gasteiger partial charge in [0.15, 0.2) is 0 Å². The smallest absolute Gasteiger partial charge is 0.0223 e. The van der Waals surface area contributed by atoms with E-state index in [4.69, 9.17) is 11.6 Å². The van der Waals surface area contributed by atoms with E-state index in [1.54, 1.807) is 0 Å². The van der Waals surface area contributed by atoms with E-state index < -0.39 is 0 Å². The second-order valence-electron chi connectivity index (χ2n) is 4.92. The third kappa shape index (κ3) is 16.0. The van der Waals surface area contributed by atoms with Crippen LogP contribution in [0.4, 0.5) is 0 Å². The van der Waals surface area contributed by atoms with Gasteiger partial charge in [-0.2, -0.15) is 0 Å². The topological polar surface area (TPSA) is 0 Å². The fraction of sp³-hybridized carbons (Fsp3) is 0.875. The monoisotopic (exact) mass is 258 g/mol. The molecule has 0 aliphatic carbocycles. The zero-order valence-electron chi connectivity index (χ0n) is 11.7. The van der Waals surface area contributed by atoms with Crippen molar-refractivity contribution in [2.24, 2.45) is 0 Å². The van der Waals surface area contributed by atoms with Gasteiger partial charge in [-0.1, -0.05) is 64.0 Å². The maximum absolute atomic E-state index is 5.63. The molecular formula is C16H31Cl. The largest absolute Gasteiger partial charge is 0.127 e. The Bertz CT molecular complexity index is 152. The van der Waals surface area contributed by atoms with Crippen LogP contribution < -0.4 is 0 Å². The molecule has 0 aliphatic heterocycles. The minimum Gasteiger partial charge on any atom is -0.127 e. The summed E-state index contributed by atoms with van der Waals surface area (Å²) in [4.78, 5) is 0. The molecule has 0 atom stereocenters. The van der Waals surface area contributed by atoms with Crippen LogP contribution in [0.2, 0.25) is 0 Å². The molecule has 0 aromatic rings. The Morgan fingerprint density at radius 3 is 1.65 bits per heavy atom. The lowest BCUT2D eigenvalue weighted by Gasteiger charge is -1.98. The summed E-state index contributed by atoms with van der Waals surface area (Å²) in [6.45, 7) is 2.27. The first-order valence-corrected chi connectivity index (χ1v) is 8.16. The number of unbranched alkanes of at least 4 members (excludes halogenated alkanes) is 10. The van der Waals surface area contributed by atoms with Crippen molar-refractivity contribution in [1.82, 2.24) is 0 Å². The van der Waals surface area contributed by atoms with E-state index in [0.29, 0.717) is 0 Å². The Kier molecular flexibility index (Phi) is 16.1. The van der Waals surface area contributed by atoms with E-state index in [2.05, 4.69) is 19.1 Å². The van der Waals surface area contributed by atoms with Gasteiger partial charge < -0.3 is 0 Å². The van der Waals surface area contributed by atoms with Crippen LogP contribution in [0.15, 0.2) is 12.2 Å². The summed E-state index contributed by atoms with van der Waals surface area (Å²) >= 11 is 5.63. The van der Waals surface area contributed by atoms with Crippen molar-refractivity contribution in [1.29, 1.82) is 0 Å². The van der Waals surface area contributed by atoms with Crippen LogP contribution in [0.25, 0.3) is 0 Å². The SMILES string of the molecule is CCCCCCCCC=CCCCCCCCl. The van der Waals surface area contributed by atoms with Gasteiger partial charge in [0.2, 0.25) is 0 Å². The predicted molar refractivity (Wildman–Crippen MR) is 80.9 cm³/mol. The lowest BCUT2D eigenvalue weighted by atomic mass is 10.1. The lowest BCUT2D eigenvalue weighted by Crippen LogP contribution is -1.79. The van der Waals surface area contributed by atoms with Gasteiger partial charge in [0, 0.05) is 5.88 Å². The first-order chi connectivity index (χ1) is 8.41. The average Bonchev–Trinajstić information content (AvgIpc) is 2.35. The lowest BCUT2D eigenvalue weighted by molar-refractivity contribution is 0.610. The fourth-order valence-electron chi connectivity index (χ4n) is 1.99. The van der Waals surface area contributed by atoms with E-state index in [-0.39, 0.29) is 0 Å². The Balaban J connectivity index is 2.99. The summed E-state index contributed by atoms with van der Waals surface area (Å²) in [5.74, 6) is 0.827. The first-order valence-electron chi connectivity index (χ1n) is 7.62. The van der Waals surface area contributed by atoms with E-state index in [1.807, 2.05) is 0 Å². The molecule has 0 heterocycles. The number of rotatable bonds is 13. The van der Waals surface area contributed by atoms with E-state index in [9.17, 15) is 0 Å². The molecule has 0 bridgehead atoms. The highest BCUT2D eigenvalue weighted by atomic mass is 35.5. The maximum Gasteiger partial charge on any atom is 0.0223 e. The highest BCUT2D eigenvalue weighted by molar-refractivity contribution is 6.17. The number of allylic oxidation sites excluding steroid dienone is 2. The third-order valence-corrected chi connectivity index (χ3v) is 3.41. The normalized spacial score (nSPS) is 11.4. The summed E-state index contributed by atoms with van der Waals surface area (Å²) in [7, 11) is 0. The quantitative estimate of drug-likeness (QED) is 0.201. The number of hydrogen-bond donors (Lipinski definition) is 0. The second-order valence-corrected chi connectivity index (χ2v) is 5.30. The Morgan fingerprint density at radius 2 is 1.12 bits per heavy atom. The van der Waals surface area contributed by atoms with Gasteiger partial charge in [0.05, 0.1) is 0 Å². The van der Waals surface area contributed by atoms with Crippen LogP contribution in [0.3, 0.4) is 0 Å². The van der Waals surface area contributed by atoms with Gasteiger partial charge in [-0.05, 0) is 32.1 Å². The molecule has 0 saturated carbocycles. The minimum atomic E-state index is 0.827. The highest BCUT2D eigenvalue weighted by Crippen LogP contribution is 2.08. The Labute approximate surface area is 114 Å². The average molecular weight is 259 g/mol. The molecule has 0 spiro atoms. The molecule has 17 heavy (non-hydrogen) atoms. The van der Waals surface area contributed by atoms with Crippen LogP contribution in [-0.4, -0.2) is 5.88 Å². The molecule has 0 amide bonds. The van der Waals surface area contributed by atoms with Crippen molar-refractivity contribution < 1.29 is 0 Å². The molecule has 0 radical (unpaired) electrons. The molecule has 0 rings (SSSR count). The molecular weight excluding hydrogens is 228 g/mol. The zero-order chi connectivity index (χ0) is 12.6. The zero-order valence-corrected chi connectivity index (χ0v) is 12.5. The molecule has 0 N–H and O–H groups in total. The van der Waals surface area contributed by atoms with Crippen LogP contribution in [-0.2, 0) is 0 Å². The molecule has 0 nitrogen and oxygen atoms in total. The van der Waals surface area contributed by atoms with Gasteiger partial charge in [0.25, 0.3) is 0 Å². The van der Waals surface area contributed by atoms with Gasteiger partial charge >= 0.3 is 0 Å². The number of alkyl halides is 1. The van der Waals surface area contributed by atoms with E-state index >= 15 is 0 Å². The van der Waals surface area contributed by atoms with Gasteiger partial charge in [-0.15, -0.1) is 11.6 Å². The second kappa shape index (κ2) is 16.0. The molecule has 102 valence electrons. The summed E-state index contributed by atoms with van der Waals surface area (Å²) < 4.78 is 0. The van der Waals surface area contributed by atoms with Crippen LogP contribution in [0.1, 0.15) is 84.0 Å². The standard InChI is InChI=1S/C16H31Cl/c1-2-3-4-5-6-7-8-9-10-11-12-13-14-15-16-17/h9-10H,2-8,11-16H2,1H3. The summed E-state index contributed by atoms with van der Waals surface area (Å²) in [5.41, 5.74) is 0. The van der Waals surface area contributed by atoms with Gasteiger partial charge in [-0.3, -0.25) is 0 Å². The summed E-state index contributed by atoms with van der Waals surface area (Å²) in [6.07, 6.45) is 20.9. The predicted octanol–water partition coefficient (Wildman–Crippen LogP) is 6.48. The van der Waals surface area contributed by atoms with Crippen molar-refractivity contribution in [2.75, 3.05) is 5.88 Å². The molecule has 0 unspecified atom stereocenters. The van der Waals surface area contributed by atoms with Crippen LogP contribution >= 0.6 is 11.6 Å². The van der Waals surface area contributed by atoms with Crippen molar-refractivity contribution >= 4 is 11.6 Å². The minimum absolute atomic E-state index is 0.827. The molecule has 0 aliphatic rings. The van der Waals surface area contributed by atoms with E-state index in [1.165, 1.54) is 77.0 Å². The molecule has 0 fully saturated rings. The van der Waals surface area contributed by atoms with Crippen molar-refractivity contribution in [3.63, 3.8) is 0 Å². The Morgan fingerprint density at radius 1 is 0.647 bits per heavy atom. The van der Waals surface area contributed by atoms with Gasteiger partial charge in [-0.25, -0.2) is 0 Å². The van der Waals surface area contributed by atoms with Crippen molar-refractivity contribution in [3.8, 4) is 0 Å². The molecule has 0 saturated heterocycles. The summed E-state index contributed by atoms with van der Waals surface area (Å²) in [5, 5.41) is 0. The van der Waals surface area contributed by atoms with E-state index in [0.717, 1.165) is 5.88 Å². The number of halogens is 1.